The molecular weight excluding hydrogens is 217 g/mol. The van der Waals surface area contributed by atoms with Crippen LogP contribution in [0, 0.1) is 5.92 Å². The Morgan fingerprint density at radius 2 is 1.87 bits per heavy atom. The highest BCUT2D eigenvalue weighted by Crippen LogP contribution is 2.39. The molecule has 0 aromatic heterocycles. The van der Waals surface area contributed by atoms with Crippen molar-refractivity contribution in [3.8, 4) is 0 Å². The van der Waals surface area contributed by atoms with Gasteiger partial charge in [-0.15, -0.1) is 0 Å². The lowest BCUT2D eigenvalue weighted by atomic mass is 9.84. The lowest BCUT2D eigenvalue weighted by Crippen LogP contribution is -2.46. The van der Waals surface area contributed by atoms with Gasteiger partial charge in [-0.1, -0.05) is 6.08 Å². The van der Waals surface area contributed by atoms with E-state index in [2.05, 4.69) is 0 Å². The van der Waals surface area contributed by atoms with Crippen LogP contribution in [-0.2, 0) is 9.59 Å². The number of carboxylic acid groups (broad SMARTS) is 2. The van der Waals surface area contributed by atoms with Crippen LogP contribution in [0.15, 0.2) is 23.8 Å². The SMILES string of the molecule is O=C(O)C1C=CC(F)=C(F)C1(F)C(=O)O. The van der Waals surface area contributed by atoms with Crippen LogP contribution in [0.1, 0.15) is 0 Å². The van der Waals surface area contributed by atoms with Gasteiger partial charge in [0.15, 0.2) is 11.7 Å². The number of allylic oxidation sites excluding steroid dienone is 2. The minimum atomic E-state index is -3.88. The second-order valence-electron chi connectivity index (χ2n) is 2.85. The van der Waals surface area contributed by atoms with Crippen molar-refractivity contribution >= 4 is 11.9 Å². The van der Waals surface area contributed by atoms with E-state index in [9.17, 15) is 22.8 Å². The van der Waals surface area contributed by atoms with Gasteiger partial charge in [-0.05, 0) is 6.08 Å². The van der Waals surface area contributed by atoms with E-state index >= 15 is 0 Å². The molecule has 0 spiro atoms. The minimum absolute atomic E-state index is 0.384. The summed E-state index contributed by atoms with van der Waals surface area (Å²) in [5, 5.41) is 16.9. The van der Waals surface area contributed by atoms with Gasteiger partial charge in [-0.2, -0.15) is 0 Å². The van der Waals surface area contributed by atoms with Crippen molar-refractivity contribution in [1.82, 2.24) is 0 Å². The minimum Gasteiger partial charge on any atom is -0.481 e. The third kappa shape index (κ3) is 1.49. The Morgan fingerprint density at radius 1 is 1.33 bits per heavy atom. The molecule has 1 aliphatic rings. The zero-order valence-electron chi connectivity index (χ0n) is 7.08. The molecule has 0 saturated carbocycles. The number of hydrogen-bond acceptors (Lipinski definition) is 2. The zero-order chi connectivity index (χ0) is 11.8. The predicted molar refractivity (Wildman–Crippen MR) is 41.0 cm³/mol. The first-order valence-electron chi connectivity index (χ1n) is 3.71. The molecule has 0 amide bonds. The predicted octanol–water partition coefficient (Wildman–Crippen LogP) is 1.20. The summed E-state index contributed by atoms with van der Waals surface area (Å²) in [5.74, 6) is -10.5. The molecule has 2 atom stereocenters. The molecule has 0 bridgehead atoms. The summed E-state index contributed by atoms with van der Waals surface area (Å²) in [5.41, 5.74) is -3.88. The molecule has 0 aromatic carbocycles. The molecule has 2 unspecified atom stereocenters. The van der Waals surface area contributed by atoms with Crippen molar-refractivity contribution < 1.29 is 33.0 Å². The quantitative estimate of drug-likeness (QED) is 0.736. The lowest BCUT2D eigenvalue weighted by molar-refractivity contribution is -0.160. The van der Waals surface area contributed by atoms with Gasteiger partial charge in [0, 0.05) is 0 Å². The second-order valence-corrected chi connectivity index (χ2v) is 2.85. The van der Waals surface area contributed by atoms with Crippen LogP contribution in [-0.4, -0.2) is 27.8 Å². The van der Waals surface area contributed by atoms with Gasteiger partial charge in [-0.25, -0.2) is 18.0 Å². The van der Waals surface area contributed by atoms with Gasteiger partial charge in [0.1, 0.15) is 5.92 Å². The Balaban J connectivity index is 3.34. The van der Waals surface area contributed by atoms with E-state index in [4.69, 9.17) is 10.2 Å². The molecule has 0 aliphatic heterocycles. The Kier molecular flexibility index (Phi) is 2.57. The van der Waals surface area contributed by atoms with Crippen molar-refractivity contribution in [2.45, 2.75) is 5.67 Å². The van der Waals surface area contributed by atoms with E-state index in [0.29, 0.717) is 12.2 Å². The van der Waals surface area contributed by atoms with Crippen molar-refractivity contribution in [2.75, 3.05) is 0 Å². The molecule has 0 aromatic rings. The molecule has 0 radical (unpaired) electrons. The van der Waals surface area contributed by atoms with Crippen molar-refractivity contribution in [2.24, 2.45) is 5.92 Å². The van der Waals surface area contributed by atoms with Gasteiger partial charge in [0.05, 0.1) is 0 Å². The maximum Gasteiger partial charge on any atom is 0.350 e. The summed E-state index contributed by atoms with van der Waals surface area (Å²) < 4.78 is 39.1. The number of hydrogen-bond donors (Lipinski definition) is 2. The van der Waals surface area contributed by atoms with Crippen LogP contribution in [0.25, 0.3) is 0 Å². The maximum atomic E-state index is 13.5. The number of rotatable bonds is 2. The highest BCUT2D eigenvalue weighted by molar-refractivity contribution is 5.90. The standard InChI is InChI=1S/C8H5F3O4/c9-4-2-1-3(6(12)13)8(11,5(4)10)7(14)15/h1-3H,(H,12,13)(H,14,15). The molecule has 82 valence electrons. The van der Waals surface area contributed by atoms with Crippen LogP contribution >= 0.6 is 0 Å². The summed E-state index contributed by atoms with van der Waals surface area (Å²) >= 11 is 0. The maximum absolute atomic E-state index is 13.5. The van der Waals surface area contributed by atoms with E-state index in [0.717, 1.165) is 0 Å². The molecule has 0 fully saturated rings. The number of alkyl halides is 1. The summed E-state index contributed by atoms with van der Waals surface area (Å²) in [6.45, 7) is 0. The van der Waals surface area contributed by atoms with Gasteiger partial charge in [-0.3, -0.25) is 4.79 Å². The molecule has 15 heavy (non-hydrogen) atoms. The highest BCUT2D eigenvalue weighted by atomic mass is 19.2. The van der Waals surface area contributed by atoms with Crippen LogP contribution in [0.3, 0.4) is 0 Å². The fourth-order valence-corrected chi connectivity index (χ4v) is 1.18. The topological polar surface area (TPSA) is 74.6 Å². The Hall–Kier alpha value is -1.79. The highest BCUT2D eigenvalue weighted by Gasteiger charge is 2.56. The number of halogens is 3. The van der Waals surface area contributed by atoms with Gasteiger partial charge in [0.25, 0.3) is 5.67 Å². The normalized spacial score (nSPS) is 30.5. The third-order valence-electron chi connectivity index (χ3n) is 1.97. The number of carboxylic acids is 2. The molecule has 2 N–H and O–H groups in total. The monoisotopic (exact) mass is 222 g/mol. The average molecular weight is 222 g/mol. The largest absolute Gasteiger partial charge is 0.481 e. The summed E-state index contributed by atoms with van der Waals surface area (Å²) in [6.07, 6.45) is 0.837. The van der Waals surface area contributed by atoms with Crippen molar-refractivity contribution in [3.63, 3.8) is 0 Å². The van der Waals surface area contributed by atoms with Crippen LogP contribution < -0.4 is 0 Å². The fourth-order valence-electron chi connectivity index (χ4n) is 1.18. The smallest absolute Gasteiger partial charge is 0.350 e. The van der Waals surface area contributed by atoms with E-state index in [-0.39, 0.29) is 0 Å². The van der Waals surface area contributed by atoms with Crippen molar-refractivity contribution in [1.29, 1.82) is 0 Å². The molecule has 1 rings (SSSR count). The van der Waals surface area contributed by atoms with E-state index in [1.165, 1.54) is 0 Å². The molecule has 4 nitrogen and oxygen atoms in total. The molecule has 1 aliphatic carbocycles. The second kappa shape index (κ2) is 3.41. The molecule has 0 heterocycles. The Labute approximate surface area is 81.3 Å². The van der Waals surface area contributed by atoms with E-state index in [1.54, 1.807) is 0 Å². The molecular formula is C8H5F3O4. The van der Waals surface area contributed by atoms with Gasteiger partial charge >= 0.3 is 11.9 Å². The summed E-state index contributed by atoms with van der Waals surface area (Å²) in [6, 6.07) is 0. The van der Waals surface area contributed by atoms with Crippen molar-refractivity contribution in [3.05, 3.63) is 23.8 Å². The molecule has 7 heteroatoms. The first-order chi connectivity index (χ1) is 6.81. The van der Waals surface area contributed by atoms with Crippen LogP contribution in [0.2, 0.25) is 0 Å². The first kappa shape index (κ1) is 11.3. The fraction of sp³-hybridized carbons (Fsp3) is 0.250. The van der Waals surface area contributed by atoms with Crippen LogP contribution in [0.5, 0.6) is 0 Å². The Morgan fingerprint density at radius 3 is 2.27 bits per heavy atom. The molecule has 0 saturated heterocycles. The van der Waals surface area contributed by atoms with E-state index in [1.807, 2.05) is 0 Å². The van der Waals surface area contributed by atoms with Crippen LogP contribution in [0.4, 0.5) is 13.2 Å². The van der Waals surface area contributed by atoms with Gasteiger partial charge < -0.3 is 10.2 Å². The number of aliphatic carboxylic acids is 2. The first-order valence-corrected chi connectivity index (χ1v) is 3.71. The zero-order valence-corrected chi connectivity index (χ0v) is 7.08. The summed E-state index contributed by atoms with van der Waals surface area (Å²) in [7, 11) is 0. The number of carbonyl (C=O) groups is 2. The summed E-state index contributed by atoms with van der Waals surface area (Å²) in [4.78, 5) is 20.9. The third-order valence-corrected chi connectivity index (χ3v) is 1.97. The van der Waals surface area contributed by atoms with E-state index < -0.39 is 35.2 Å². The Bertz CT molecular complexity index is 387. The lowest BCUT2D eigenvalue weighted by Gasteiger charge is -2.25. The van der Waals surface area contributed by atoms with Gasteiger partial charge in [0.2, 0.25) is 0 Å². The average Bonchev–Trinajstić information content (AvgIpc) is 2.13.